The van der Waals surface area contributed by atoms with Crippen LogP contribution in [0.5, 0.6) is 28.7 Å². The molecule has 5 aromatic rings. The van der Waals surface area contributed by atoms with Crippen molar-refractivity contribution in [2.45, 2.75) is 26.4 Å². The molecule has 4 heterocycles. The van der Waals surface area contributed by atoms with Crippen LogP contribution in [0.2, 0.25) is 0 Å². The van der Waals surface area contributed by atoms with E-state index < -0.39 is 11.5 Å². The van der Waals surface area contributed by atoms with Crippen LogP contribution >= 0.6 is 0 Å². The number of methoxy groups -OCH3 is 2. The number of carbonyl (C=O) groups is 1. The summed E-state index contributed by atoms with van der Waals surface area (Å²) in [5.74, 6) is 2.31. The molecule has 13 nitrogen and oxygen atoms in total. The Morgan fingerprint density at radius 2 is 1.71 bits per heavy atom. The molecule has 0 spiro atoms. The summed E-state index contributed by atoms with van der Waals surface area (Å²) in [6.07, 6.45) is 7.58. The molecule has 0 saturated carbocycles. The minimum atomic E-state index is -1.29. The maximum absolute atomic E-state index is 13.2. The van der Waals surface area contributed by atoms with Gasteiger partial charge in [-0.3, -0.25) is 14.8 Å². The quantitative estimate of drug-likeness (QED) is 0.246. The van der Waals surface area contributed by atoms with Gasteiger partial charge in [-0.25, -0.2) is 14.6 Å². The van der Waals surface area contributed by atoms with Crippen molar-refractivity contribution in [3.05, 3.63) is 72.7 Å². The number of aromatic nitrogens is 6. The minimum Gasteiger partial charge on any atom is -0.493 e. The van der Waals surface area contributed by atoms with Gasteiger partial charge in [0.05, 0.1) is 38.7 Å². The lowest BCUT2D eigenvalue weighted by molar-refractivity contribution is 0.0732. The highest BCUT2D eigenvalue weighted by atomic mass is 16.5. The molecule has 216 valence electrons. The van der Waals surface area contributed by atoms with Crippen LogP contribution in [0.4, 0.5) is 5.82 Å². The highest BCUT2D eigenvalue weighted by Gasteiger charge is 2.27. The van der Waals surface area contributed by atoms with Crippen LogP contribution in [0, 0.1) is 0 Å². The van der Waals surface area contributed by atoms with Gasteiger partial charge in [0, 0.05) is 30.0 Å². The zero-order valence-electron chi connectivity index (χ0n) is 23.7. The summed E-state index contributed by atoms with van der Waals surface area (Å²) >= 11 is 0. The number of benzene rings is 1. The molecule has 42 heavy (non-hydrogen) atoms. The standard InChI is InChI=1S/C29H29N7O6/c1-6-41-23-16-36(27-26(29(2,3)38)31-11-12-32-27)35-25(23)28(37)34-24-8-7-17(15-33-24)42-20-9-10-30-19-14-22(40-5)21(39-4)13-18(19)20/h7-16,38H,6H2,1-5H3,(H,33,34,37). The van der Waals surface area contributed by atoms with Crippen LogP contribution < -0.4 is 24.3 Å². The fourth-order valence-corrected chi connectivity index (χ4v) is 4.17. The molecule has 4 aromatic heterocycles. The number of nitrogens with zero attached hydrogens (tertiary/aromatic N) is 6. The summed E-state index contributed by atoms with van der Waals surface area (Å²) in [6.45, 7) is 5.27. The molecule has 0 aliphatic carbocycles. The second kappa shape index (κ2) is 11.7. The lowest BCUT2D eigenvalue weighted by atomic mass is 10.1. The number of nitrogens with one attached hydrogen (secondary N) is 1. The van der Waals surface area contributed by atoms with Gasteiger partial charge in [-0.15, -0.1) is 0 Å². The number of ether oxygens (including phenoxy) is 4. The van der Waals surface area contributed by atoms with Crippen LogP contribution in [-0.2, 0) is 5.60 Å². The Bertz CT molecular complexity index is 1730. The van der Waals surface area contributed by atoms with E-state index in [9.17, 15) is 9.90 Å². The van der Waals surface area contributed by atoms with Crippen molar-refractivity contribution < 1.29 is 28.8 Å². The maximum atomic E-state index is 13.2. The maximum Gasteiger partial charge on any atom is 0.281 e. The van der Waals surface area contributed by atoms with Gasteiger partial charge >= 0.3 is 0 Å². The van der Waals surface area contributed by atoms with Gasteiger partial charge in [-0.1, -0.05) is 0 Å². The first-order chi connectivity index (χ1) is 20.2. The molecule has 0 unspecified atom stereocenters. The highest BCUT2D eigenvalue weighted by Crippen LogP contribution is 2.37. The molecular weight excluding hydrogens is 542 g/mol. The first-order valence-electron chi connectivity index (χ1n) is 12.9. The van der Waals surface area contributed by atoms with Crippen LogP contribution in [0.25, 0.3) is 16.7 Å². The van der Waals surface area contributed by atoms with Crippen LogP contribution in [0.1, 0.15) is 37.0 Å². The van der Waals surface area contributed by atoms with E-state index in [0.717, 1.165) is 5.39 Å². The molecule has 0 atom stereocenters. The third-order valence-electron chi connectivity index (χ3n) is 6.08. The van der Waals surface area contributed by atoms with Crippen LogP contribution in [0.15, 0.2) is 61.3 Å². The summed E-state index contributed by atoms with van der Waals surface area (Å²) < 4.78 is 23.9. The Labute approximate surface area is 241 Å². The largest absolute Gasteiger partial charge is 0.493 e. The van der Waals surface area contributed by atoms with Crippen LogP contribution in [0.3, 0.4) is 0 Å². The molecule has 0 aliphatic rings. The molecule has 0 saturated heterocycles. The van der Waals surface area contributed by atoms with E-state index in [0.29, 0.717) is 40.8 Å². The molecule has 0 bridgehead atoms. The topological polar surface area (TPSA) is 156 Å². The molecule has 1 amide bonds. The number of pyridine rings is 2. The van der Waals surface area contributed by atoms with E-state index in [-0.39, 0.29) is 23.1 Å². The van der Waals surface area contributed by atoms with Gasteiger partial charge in [0.2, 0.25) is 0 Å². The zero-order chi connectivity index (χ0) is 29.9. The van der Waals surface area contributed by atoms with Crippen molar-refractivity contribution >= 4 is 22.6 Å². The Balaban J connectivity index is 1.37. The van der Waals surface area contributed by atoms with Crippen molar-refractivity contribution in [1.29, 1.82) is 0 Å². The minimum absolute atomic E-state index is 0.0129. The molecule has 0 fully saturated rings. The van der Waals surface area contributed by atoms with Gasteiger partial charge in [0.15, 0.2) is 28.8 Å². The number of carbonyl (C=O) groups excluding carboxylic acids is 1. The Morgan fingerprint density at radius 3 is 2.40 bits per heavy atom. The lowest BCUT2D eigenvalue weighted by Crippen LogP contribution is -2.22. The van der Waals surface area contributed by atoms with Crippen LogP contribution in [-0.4, -0.2) is 61.6 Å². The number of aliphatic hydroxyl groups is 1. The predicted octanol–water partition coefficient (Wildman–Crippen LogP) is 4.29. The highest BCUT2D eigenvalue weighted by molar-refractivity contribution is 6.04. The second-order valence-electron chi connectivity index (χ2n) is 9.48. The average Bonchev–Trinajstić information content (AvgIpc) is 3.41. The van der Waals surface area contributed by atoms with Gasteiger partial charge in [-0.05, 0) is 45.0 Å². The van der Waals surface area contributed by atoms with E-state index in [2.05, 4.69) is 30.4 Å². The Kier molecular flexibility index (Phi) is 7.84. The fourth-order valence-electron chi connectivity index (χ4n) is 4.17. The fraction of sp³-hybridized carbons (Fsp3) is 0.241. The smallest absolute Gasteiger partial charge is 0.281 e. The number of hydrogen-bond acceptors (Lipinski definition) is 11. The van der Waals surface area contributed by atoms with Crippen molar-refractivity contribution in [3.63, 3.8) is 0 Å². The molecule has 1 aromatic carbocycles. The van der Waals surface area contributed by atoms with E-state index in [4.69, 9.17) is 18.9 Å². The number of fused-ring (bicyclic) bond motifs is 1. The number of amides is 1. The van der Waals surface area contributed by atoms with Crippen molar-refractivity contribution in [3.8, 4) is 34.6 Å². The molecule has 5 rings (SSSR count). The summed E-state index contributed by atoms with van der Waals surface area (Å²) in [4.78, 5) is 30.5. The van der Waals surface area contributed by atoms with Gasteiger partial charge in [0.1, 0.15) is 28.6 Å². The number of hydrogen-bond donors (Lipinski definition) is 2. The number of anilines is 1. The van der Waals surface area contributed by atoms with E-state index >= 15 is 0 Å². The third-order valence-corrected chi connectivity index (χ3v) is 6.08. The lowest BCUT2D eigenvalue weighted by Gasteiger charge is -2.18. The van der Waals surface area contributed by atoms with Gasteiger partial charge in [0.25, 0.3) is 5.91 Å². The molecule has 0 radical (unpaired) electrons. The first-order valence-corrected chi connectivity index (χ1v) is 12.9. The van der Waals surface area contributed by atoms with E-state index in [1.165, 1.54) is 29.5 Å². The summed E-state index contributed by atoms with van der Waals surface area (Å²) in [6, 6.07) is 8.57. The second-order valence-corrected chi connectivity index (χ2v) is 9.48. The van der Waals surface area contributed by atoms with Gasteiger partial charge in [-0.2, -0.15) is 5.10 Å². The Morgan fingerprint density at radius 1 is 0.952 bits per heavy atom. The molecule has 2 N–H and O–H groups in total. The zero-order valence-corrected chi connectivity index (χ0v) is 23.7. The monoisotopic (exact) mass is 571 g/mol. The molecular formula is C29H29N7O6. The average molecular weight is 572 g/mol. The Hall–Kier alpha value is -5.30. The summed E-state index contributed by atoms with van der Waals surface area (Å²) in [5.41, 5.74) is -0.320. The normalized spacial score (nSPS) is 11.3. The van der Waals surface area contributed by atoms with Crippen molar-refractivity contribution in [1.82, 2.24) is 29.7 Å². The first kappa shape index (κ1) is 28.2. The molecule has 13 heteroatoms. The third kappa shape index (κ3) is 5.76. The summed E-state index contributed by atoms with van der Waals surface area (Å²) in [7, 11) is 3.12. The predicted molar refractivity (Wildman–Crippen MR) is 153 cm³/mol. The van der Waals surface area contributed by atoms with E-state index in [1.54, 1.807) is 71.5 Å². The summed E-state index contributed by atoms with van der Waals surface area (Å²) in [5, 5.41) is 18.4. The van der Waals surface area contributed by atoms with E-state index in [1.807, 2.05) is 0 Å². The van der Waals surface area contributed by atoms with Crippen molar-refractivity contribution in [2.75, 3.05) is 26.1 Å². The number of rotatable bonds is 10. The van der Waals surface area contributed by atoms with Gasteiger partial charge < -0.3 is 29.4 Å². The SMILES string of the molecule is CCOc1cn(-c2nccnc2C(C)(C)O)nc1C(=O)Nc1ccc(Oc2ccnc3cc(OC)c(OC)cc23)cn1. The molecule has 0 aliphatic heterocycles. The van der Waals surface area contributed by atoms with Crippen molar-refractivity contribution in [2.24, 2.45) is 0 Å².